The molecular weight excluding hydrogens is 220 g/mol. The SMILES string of the molecule is CCC1CCN(CCC(NC)c2ccccc2)C1. The Balaban J connectivity index is 1.81. The molecule has 1 aromatic rings. The van der Waals surface area contributed by atoms with Crippen molar-refractivity contribution in [3.63, 3.8) is 0 Å². The van der Waals surface area contributed by atoms with E-state index in [2.05, 4.69) is 54.5 Å². The second-order valence-electron chi connectivity index (χ2n) is 5.40. The van der Waals surface area contributed by atoms with Gasteiger partial charge in [-0.15, -0.1) is 0 Å². The van der Waals surface area contributed by atoms with Crippen molar-refractivity contribution in [3.05, 3.63) is 35.9 Å². The summed E-state index contributed by atoms with van der Waals surface area (Å²) in [5.41, 5.74) is 1.41. The summed E-state index contributed by atoms with van der Waals surface area (Å²) >= 11 is 0. The van der Waals surface area contributed by atoms with Gasteiger partial charge in [0.05, 0.1) is 0 Å². The van der Waals surface area contributed by atoms with E-state index in [1.165, 1.54) is 44.5 Å². The van der Waals surface area contributed by atoms with Gasteiger partial charge in [0, 0.05) is 12.6 Å². The molecular formula is C16H26N2. The molecule has 0 aliphatic carbocycles. The van der Waals surface area contributed by atoms with Crippen LogP contribution in [0.25, 0.3) is 0 Å². The van der Waals surface area contributed by atoms with Crippen LogP contribution in [0, 0.1) is 5.92 Å². The summed E-state index contributed by atoms with van der Waals surface area (Å²) in [6.45, 7) is 6.14. The summed E-state index contributed by atoms with van der Waals surface area (Å²) < 4.78 is 0. The molecule has 0 bridgehead atoms. The molecule has 1 aromatic carbocycles. The molecule has 0 aromatic heterocycles. The third-order valence-corrected chi connectivity index (χ3v) is 4.23. The van der Waals surface area contributed by atoms with E-state index in [-0.39, 0.29) is 0 Å². The maximum absolute atomic E-state index is 3.44. The second kappa shape index (κ2) is 6.91. The predicted molar refractivity (Wildman–Crippen MR) is 77.7 cm³/mol. The fraction of sp³-hybridized carbons (Fsp3) is 0.625. The summed E-state index contributed by atoms with van der Waals surface area (Å²) in [5, 5.41) is 3.44. The molecule has 1 aliphatic rings. The van der Waals surface area contributed by atoms with Crippen molar-refractivity contribution in [3.8, 4) is 0 Å². The number of nitrogens with zero attached hydrogens (tertiary/aromatic N) is 1. The lowest BCUT2D eigenvalue weighted by Gasteiger charge is -2.21. The maximum atomic E-state index is 3.44. The summed E-state index contributed by atoms with van der Waals surface area (Å²) in [5.74, 6) is 0.940. The van der Waals surface area contributed by atoms with E-state index >= 15 is 0 Å². The number of hydrogen-bond donors (Lipinski definition) is 1. The van der Waals surface area contributed by atoms with Crippen LogP contribution in [-0.4, -0.2) is 31.6 Å². The van der Waals surface area contributed by atoms with E-state index < -0.39 is 0 Å². The smallest absolute Gasteiger partial charge is 0.0329 e. The normalized spacial score (nSPS) is 22.2. The Morgan fingerprint density at radius 2 is 2.11 bits per heavy atom. The molecule has 1 heterocycles. The summed E-state index contributed by atoms with van der Waals surface area (Å²) in [6.07, 6.45) is 3.94. The second-order valence-corrected chi connectivity index (χ2v) is 5.40. The van der Waals surface area contributed by atoms with Crippen molar-refractivity contribution in [2.24, 2.45) is 5.92 Å². The Hall–Kier alpha value is -0.860. The van der Waals surface area contributed by atoms with E-state index in [9.17, 15) is 0 Å². The number of nitrogens with one attached hydrogen (secondary N) is 1. The van der Waals surface area contributed by atoms with Gasteiger partial charge in [-0.25, -0.2) is 0 Å². The molecule has 100 valence electrons. The molecule has 0 amide bonds. The third-order valence-electron chi connectivity index (χ3n) is 4.23. The van der Waals surface area contributed by atoms with Crippen LogP contribution in [0.1, 0.15) is 37.8 Å². The highest BCUT2D eigenvalue weighted by Crippen LogP contribution is 2.22. The average molecular weight is 246 g/mol. The first-order chi connectivity index (χ1) is 8.83. The van der Waals surface area contributed by atoms with Crippen LogP contribution < -0.4 is 5.32 Å². The molecule has 1 saturated heterocycles. The quantitative estimate of drug-likeness (QED) is 0.830. The first-order valence-corrected chi connectivity index (χ1v) is 7.28. The number of likely N-dealkylation sites (tertiary alicyclic amines) is 1. The van der Waals surface area contributed by atoms with Crippen LogP contribution in [0.15, 0.2) is 30.3 Å². The molecule has 0 saturated carbocycles. The lowest BCUT2D eigenvalue weighted by atomic mass is 10.0. The van der Waals surface area contributed by atoms with E-state index in [4.69, 9.17) is 0 Å². The highest BCUT2D eigenvalue weighted by atomic mass is 15.1. The Bertz CT molecular complexity index is 336. The zero-order valence-electron chi connectivity index (χ0n) is 11.7. The minimum absolute atomic E-state index is 0.492. The Labute approximate surface area is 111 Å². The van der Waals surface area contributed by atoms with Gasteiger partial charge in [-0.1, -0.05) is 43.7 Å². The van der Waals surface area contributed by atoms with Crippen LogP contribution in [0.5, 0.6) is 0 Å². The van der Waals surface area contributed by atoms with Gasteiger partial charge in [0.25, 0.3) is 0 Å². The molecule has 2 atom stereocenters. The van der Waals surface area contributed by atoms with Crippen molar-refractivity contribution in [1.82, 2.24) is 10.2 Å². The minimum atomic E-state index is 0.492. The van der Waals surface area contributed by atoms with Gasteiger partial charge in [-0.3, -0.25) is 0 Å². The fourth-order valence-electron chi connectivity index (χ4n) is 2.92. The molecule has 0 spiro atoms. The first-order valence-electron chi connectivity index (χ1n) is 7.28. The van der Waals surface area contributed by atoms with Gasteiger partial charge in [-0.2, -0.15) is 0 Å². The molecule has 2 heteroatoms. The van der Waals surface area contributed by atoms with Crippen LogP contribution in [0.2, 0.25) is 0 Å². The van der Waals surface area contributed by atoms with E-state index in [1.807, 2.05) is 0 Å². The monoisotopic (exact) mass is 246 g/mol. The van der Waals surface area contributed by atoms with Crippen LogP contribution in [0.4, 0.5) is 0 Å². The Morgan fingerprint density at radius 3 is 2.72 bits per heavy atom. The fourth-order valence-corrected chi connectivity index (χ4v) is 2.92. The molecule has 1 N–H and O–H groups in total. The third kappa shape index (κ3) is 3.56. The Kier molecular flexibility index (Phi) is 5.21. The number of hydrogen-bond acceptors (Lipinski definition) is 2. The van der Waals surface area contributed by atoms with Crippen molar-refractivity contribution < 1.29 is 0 Å². The van der Waals surface area contributed by atoms with Gasteiger partial charge >= 0.3 is 0 Å². The highest BCUT2D eigenvalue weighted by Gasteiger charge is 2.21. The van der Waals surface area contributed by atoms with Gasteiger partial charge in [0.15, 0.2) is 0 Å². The molecule has 1 aliphatic heterocycles. The summed E-state index contributed by atoms with van der Waals surface area (Å²) in [7, 11) is 2.07. The van der Waals surface area contributed by atoms with Gasteiger partial charge in [-0.05, 0) is 44.5 Å². The molecule has 1 fully saturated rings. The standard InChI is InChI=1S/C16H26N2/c1-3-14-9-11-18(13-14)12-10-16(17-2)15-7-5-4-6-8-15/h4-8,14,16-17H,3,9-13H2,1-2H3. The van der Waals surface area contributed by atoms with E-state index in [0.717, 1.165) is 5.92 Å². The first kappa shape index (κ1) is 13.6. The van der Waals surface area contributed by atoms with Crippen molar-refractivity contribution in [1.29, 1.82) is 0 Å². The van der Waals surface area contributed by atoms with Crippen molar-refractivity contribution in [2.75, 3.05) is 26.7 Å². The highest BCUT2D eigenvalue weighted by molar-refractivity contribution is 5.18. The van der Waals surface area contributed by atoms with Crippen molar-refractivity contribution in [2.45, 2.75) is 32.2 Å². The van der Waals surface area contributed by atoms with Gasteiger partial charge < -0.3 is 10.2 Å². The van der Waals surface area contributed by atoms with E-state index in [1.54, 1.807) is 0 Å². The van der Waals surface area contributed by atoms with Gasteiger partial charge in [0.2, 0.25) is 0 Å². The van der Waals surface area contributed by atoms with Crippen LogP contribution in [0.3, 0.4) is 0 Å². The van der Waals surface area contributed by atoms with Crippen LogP contribution in [-0.2, 0) is 0 Å². The maximum Gasteiger partial charge on any atom is 0.0329 e. The number of benzene rings is 1. The largest absolute Gasteiger partial charge is 0.313 e. The summed E-state index contributed by atoms with van der Waals surface area (Å²) in [4.78, 5) is 2.63. The topological polar surface area (TPSA) is 15.3 Å². The lowest BCUT2D eigenvalue weighted by molar-refractivity contribution is 0.301. The molecule has 18 heavy (non-hydrogen) atoms. The number of rotatable bonds is 6. The molecule has 2 rings (SSSR count). The molecule has 2 nitrogen and oxygen atoms in total. The molecule has 0 radical (unpaired) electrons. The van der Waals surface area contributed by atoms with Gasteiger partial charge in [0.1, 0.15) is 0 Å². The zero-order valence-corrected chi connectivity index (χ0v) is 11.7. The summed E-state index contributed by atoms with van der Waals surface area (Å²) in [6, 6.07) is 11.3. The Morgan fingerprint density at radius 1 is 1.33 bits per heavy atom. The van der Waals surface area contributed by atoms with Crippen molar-refractivity contribution >= 4 is 0 Å². The zero-order chi connectivity index (χ0) is 12.8. The van der Waals surface area contributed by atoms with E-state index in [0.29, 0.717) is 6.04 Å². The average Bonchev–Trinajstić information content (AvgIpc) is 2.89. The molecule has 2 unspecified atom stereocenters. The predicted octanol–water partition coefficient (Wildman–Crippen LogP) is 3.07. The minimum Gasteiger partial charge on any atom is -0.313 e. The van der Waals surface area contributed by atoms with Crippen LogP contribution >= 0.6 is 0 Å². The lowest BCUT2D eigenvalue weighted by Crippen LogP contribution is -2.26.